The van der Waals surface area contributed by atoms with Crippen molar-refractivity contribution in [3.05, 3.63) is 204 Å². The fourth-order valence-electron chi connectivity index (χ4n) is 15.5. The second-order valence-corrected chi connectivity index (χ2v) is 33.3. The van der Waals surface area contributed by atoms with E-state index in [0.29, 0.717) is 0 Å². The monoisotopic (exact) mass is 1010 g/mol. The highest BCUT2D eigenvalue weighted by Gasteiger charge is 2.47. The van der Waals surface area contributed by atoms with E-state index in [1.807, 2.05) is 0 Å². The summed E-state index contributed by atoms with van der Waals surface area (Å²) in [6.45, 7) is 20.0. The van der Waals surface area contributed by atoms with Crippen LogP contribution in [0.3, 0.4) is 0 Å². The van der Waals surface area contributed by atoms with E-state index in [4.69, 9.17) is 8.83 Å². The zero-order valence-corrected chi connectivity index (χ0v) is 46.1. The lowest BCUT2D eigenvalue weighted by Crippen LogP contribution is -2.51. The molecule has 4 aliphatic rings. The first kappa shape index (κ1) is 43.2. The SMILES string of the molecule is CC1(C)c2cc(-c3cc4c(c5c3oc3ccccc35)-c3cc5c(cc3[Si]4(C)C)-c3c(cc(-c4ccc6c(c4)C(C)(C)c4ccc7ccccc7c4-6)c4c3oc3ccccc34)[Si]5(C)C)ccc2-c2c1ccc1ccccc21. The minimum atomic E-state index is -2.36. The lowest BCUT2D eigenvalue weighted by Gasteiger charge is -2.23. The molecular weight excluding hydrogens is 953 g/mol. The van der Waals surface area contributed by atoms with Crippen LogP contribution in [0.15, 0.2) is 191 Å². The van der Waals surface area contributed by atoms with Crippen LogP contribution < -0.4 is 20.7 Å². The summed E-state index contributed by atoms with van der Waals surface area (Å²) in [5.41, 5.74) is 25.0. The summed E-state index contributed by atoms with van der Waals surface area (Å²) in [4.78, 5) is 0. The lowest BCUT2D eigenvalue weighted by molar-refractivity contribution is 0.660. The van der Waals surface area contributed by atoms with Gasteiger partial charge in [-0.2, -0.15) is 0 Å². The summed E-state index contributed by atoms with van der Waals surface area (Å²) in [6, 6.07) is 69.6. The van der Waals surface area contributed by atoms with Crippen LogP contribution in [0, 0.1) is 0 Å². The van der Waals surface area contributed by atoms with Crippen molar-refractivity contribution in [1.29, 1.82) is 0 Å². The number of rotatable bonds is 2. The average molecular weight is 1010 g/mol. The first-order valence-electron chi connectivity index (χ1n) is 27.2. The van der Waals surface area contributed by atoms with Crippen LogP contribution in [0.5, 0.6) is 0 Å². The largest absolute Gasteiger partial charge is 0.455 e. The quantitative estimate of drug-likeness (QED) is 0.161. The van der Waals surface area contributed by atoms with Crippen molar-refractivity contribution in [2.45, 2.75) is 64.7 Å². The first-order chi connectivity index (χ1) is 36.7. The molecule has 2 nitrogen and oxygen atoms in total. The molecule has 0 atom stereocenters. The first-order valence-corrected chi connectivity index (χ1v) is 33.2. The Labute approximate surface area is 444 Å². The molecule has 4 heterocycles. The molecule has 0 bridgehead atoms. The van der Waals surface area contributed by atoms with Crippen LogP contribution in [0.1, 0.15) is 49.9 Å². The average Bonchev–Trinajstić information content (AvgIpc) is 4.25. The Balaban J connectivity index is 0.868. The number of para-hydroxylation sites is 2. The topological polar surface area (TPSA) is 26.3 Å². The van der Waals surface area contributed by atoms with Gasteiger partial charge in [-0.1, -0.05) is 212 Å². The number of fused-ring (bicyclic) bond motifs is 24. The van der Waals surface area contributed by atoms with Crippen LogP contribution >= 0.6 is 0 Å². The molecule has 11 aromatic carbocycles. The Bertz CT molecular complexity index is 4880. The number of hydrogen-bond donors (Lipinski definition) is 0. The highest BCUT2D eigenvalue weighted by Crippen LogP contribution is 2.56. The maximum absolute atomic E-state index is 7.24. The summed E-state index contributed by atoms with van der Waals surface area (Å²) < 4.78 is 14.4. The zero-order chi connectivity index (χ0) is 51.1. The molecule has 0 saturated carbocycles. The molecule has 17 rings (SSSR count). The summed E-state index contributed by atoms with van der Waals surface area (Å²) >= 11 is 0. The fourth-order valence-corrected chi connectivity index (χ4v) is 21.6. The number of hydrogen-bond acceptors (Lipinski definition) is 2. The second kappa shape index (κ2) is 14.1. The molecule has 0 spiro atoms. The minimum Gasteiger partial charge on any atom is -0.455 e. The summed E-state index contributed by atoms with van der Waals surface area (Å²) in [5, 5.41) is 16.0. The highest BCUT2D eigenvalue weighted by atomic mass is 28.3. The van der Waals surface area contributed by atoms with E-state index < -0.39 is 16.1 Å². The Morgan fingerprint density at radius 1 is 0.316 bits per heavy atom. The van der Waals surface area contributed by atoms with E-state index in [0.717, 1.165) is 22.3 Å². The lowest BCUT2D eigenvalue weighted by atomic mass is 9.81. The molecule has 76 heavy (non-hydrogen) atoms. The predicted octanol–water partition coefficient (Wildman–Crippen LogP) is 17.3. The normalized spacial score (nSPS) is 16.3. The van der Waals surface area contributed by atoms with Crippen molar-refractivity contribution in [3.8, 4) is 66.8 Å². The van der Waals surface area contributed by atoms with E-state index in [1.54, 1.807) is 0 Å². The van der Waals surface area contributed by atoms with Crippen molar-refractivity contribution in [1.82, 2.24) is 0 Å². The van der Waals surface area contributed by atoms with Gasteiger partial charge >= 0.3 is 0 Å². The van der Waals surface area contributed by atoms with E-state index >= 15 is 0 Å². The molecule has 2 aliphatic carbocycles. The molecule has 2 aliphatic heterocycles. The molecule has 0 fully saturated rings. The molecule has 0 amide bonds. The van der Waals surface area contributed by atoms with Gasteiger partial charge in [0.05, 0.1) is 0 Å². The van der Waals surface area contributed by atoms with Crippen LogP contribution in [0.2, 0.25) is 26.2 Å². The predicted molar refractivity (Wildman–Crippen MR) is 326 cm³/mol. The van der Waals surface area contributed by atoms with Gasteiger partial charge in [-0.05, 0) is 144 Å². The Morgan fingerprint density at radius 3 is 1.32 bits per heavy atom. The van der Waals surface area contributed by atoms with Crippen molar-refractivity contribution in [3.63, 3.8) is 0 Å². The summed E-state index contributed by atoms with van der Waals surface area (Å²) in [6.07, 6.45) is 0. The molecular formula is C72H54O2Si2. The minimum absolute atomic E-state index is 0.149. The molecule has 362 valence electrons. The van der Waals surface area contributed by atoms with Crippen molar-refractivity contribution in [2.75, 3.05) is 0 Å². The van der Waals surface area contributed by atoms with Crippen LogP contribution in [-0.2, 0) is 10.8 Å². The van der Waals surface area contributed by atoms with Crippen molar-refractivity contribution in [2.24, 2.45) is 0 Å². The number of furan rings is 2. The van der Waals surface area contributed by atoms with E-state index in [1.165, 1.54) is 153 Å². The Morgan fingerprint density at radius 2 is 0.750 bits per heavy atom. The second-order valence-electron chi connectivity index (χ2n) is 24.7. The van der Waals surface area contributed by atoms with Gasteiger partial charge in [0.2, 0.25) is 0 Å². The Hall–Kier alpha value is -8.03. The van der Waals surface area contributed by atoms with Gasteiger partial charge in [0.15, 0.2) is 0 Å². The van der Waals surface area contributed by atoms with Gasteiger partial charge in [0.1, 0.15) is 38.5 Å². The van der Waals surface area contributed by atoms with Gasteiger partial charge in [-0.15, -0.1) is 0 Å². The third-order valence-electron chi connectivity index (χ3n) is 19.4. The smallest absolute Gasteiger partial charge is 0.143 e. The van der Waals surface area contributed by atoms with Crippen molar-refractivity contribution >= 4 is 102 Å². The summed E-state index contributed by atoms with van der Waals surface area (Å²) in [5.74, 6) is 0. The van der Waals surface area contributed by atoms with Crippen molar-refractivity contribution < 1.29 is 8.83 Å². The standard InChI is InChI=1S/C72H54O2Si2/c1-71(2)53-31-27-39-17-9-11-19-43(39)63(53)45-29-25-41(33-55(45)71)49-35-62-67(70-65(49)47-21-13-15-23-57(47)74-70)52-38-59-51(37-60(52)76(62,7)8)66-61(75(59,5)6)36-50(69-68(66)48-22-14-16-24-58(48)73-69)42-26-30-46-56(34-42)72(3,4)54-32-28-40-18-10-12-20-44(40)64(46)54/h9-38H,1-8H3. The van der Waals surface area contributed by atoms with Gasteiger partial charge in [-0.25, -0.2) is 0 Å². The van der Waals surface area contributed by atoms with Crippen LogP contribution in [0.25, 0.3) is 132 Å². The fraction of sp³-hybridized carbons (Fsp3) is 0.139. The van der Waals surface area contributed by atoms with Gasteiger partial charge in [0.25, 0.3) is 0 Å². The number of benzene rings is 11. The van der Waals surface area contributed by atoms with Crippen LogP contribution in [-0.4, -0.2) is 16.1 Å². The van der Waals surface area contributed by atoms with Gasteiger partial charge in [-0.3, -0.25) is 0 Å². The molecule has 0 unspecified atom stereocenters. The maximum Gasteiger partial charge on any atom is 0.143 e. The summed E-state index contributed by atoms with van der Waals surface area (Å²) in [7, 11) is -4.71. The van der Waals surface area contributed by atoms with E-state index in [2.05, 4.69) is 236 Å². The van der Waals surface area contributed by atoms with Crippen LogP contribution in [0.4, 0.5) is 0 Å². The Kier molecular flexibility index (Phi) is 8.00. The molecule has 2 aromatic heterocycles. The maximum atomic E-state index is 7.24. The molecule has 4 heteroatoms. The molecule has 0 N–H and O–H groups in total. The van der Waals surface area contributed by atoms with Gasteiger partial charge in [0, 0.05) is 43.5 Å². The third kappa shape index (κ3) is 5.18. The van der Waals surface area contributed by atoms with E-state index in [9.17, 15) is 0 Å². The molecule has 0 radical (unpaired) electrons. The highest BCUT2D eigenvalue weighted by molar-refractivity contribution is 7.06. The van der Waals surface area contributed by atoms with E-state index in [-0.39, 0.29) is 10.8 Å². The molecule has 0 saturated heterocycles. The zero-order valence-electron chi connectivity index (χ0n) is 44.1. The van der Waals surface area contributed by atoms with Gasteiger partial charge < -0.3 is 8.83 Å². The third-order valence-corrected chi connectivity index (χ3v) is 26.4. The molecule has 13 aromatic rings.